The van der Waals surface area contributed by atoms with Crippen LogP contribution >= 0.6 is 11.6 Å². The fraction of sp³-hybridized carbons (Fsp3) is 0.333. The van der Waals surface area contributed by atoms with Crippen LogP contribution in [0, 0.1) is 5.92 Å². The molecule has 0 radical (unpaired) electrons. The Kier molecular flexibility index (Phi) is 7.19. The lowest BCUT2D eigenvalue weighted by Crippen LogP contribution is -2.41. The minimum atomic E-state index is -3.80. The largest absolute Gasteiger partial charge is 0.495 e. The number of halogens is 1. The van der Waals surface area contributed by atoms with Crippen molar-refractivity contribution in [1.82, 2.24) is 4.31 Å². The highest BCUT2D eigenvalue weighted by Crippen LogP contribution is 2.32. The number of benzene rings is 2. The summed E-state index contributed by atoms with van der Waals surface area (Å²) in [7, 11) is -2.40. The fourth-order valence-corrected chi connectivity index (χ4v) is 5.36. The number of hydrogen-bond donors (Lipinski definition) is 2. The zero-order chi connectivity index (χ0) is 22.6. The summed E-state index contributed by atoms with van der Waals surface area (Å²) >= 11 is 5.98. The van der Waals surface area contributed by atoms with Crippen LogP contribution in [-0.2, 0) is 19.6 Å². The SMILES string of the molecule is COc1ccc(Cl)cc1S(=O)(=O)N1CCC(C(=O)Nc2cccc(NC(C)=O)c2)CC1. The number of carbonyl (C=O) groups is 2. The smallest absolute Gasteiger partial charge is 0.246 e. The number of sulfonamides is 1. The number of nitrogens with zero attached hydrogens (tertiary/aromatic N) is 1. The average molecular weight is 466 g/mol. The number of amides is 2. The van der Waals surface area contributed by atoms with Gasteiger partial charge in [0.2, 0.25) is 21.8 Å². The van der Waals surface area contributed by atoms with Crippen molar-refractivity contribution >= 4 is 44.8 Å². The molecule has 0 atom stereocenters. The third-order valence-electron chi connectivity index (χ3n) is 5.02. The molecule has 2 amide bonds. The Hall–Kier alpha value is -2.62. The van der Waals surface area contributed by atoms with Gasteiger partial charge in [-0.05, 0) is 49.2 Å². The molecule has 0 spiro atoms. The van der Waals surface area contributed by atoms with Gasteiger partial charge in [-0.15, -0.1) is 0 Å². The third-order valence-corrected chi connectivity index (χ3v) is 7.17. The number of piperidine rings is 1. The van der Waals surface area contributed by atoms with Gasteiger partial charge in [0.25, 0.3) is 0 Å². The summed E-state index contributed by atoms with van der Waals surface area (Å²) < 4.78 is 32.7. The molecule has 0 bridgehead atoms. The predicted octanol–water partition coefficient (Wildman–Crippen LogP) is 3.35. The molecule has 10 heteroatoms. The van der Waals surface area contributed by atoms with Gasteiger partial charge < -0.3 is 15.4 Å². The first-order chi connectivity index (χ1) is 14.7. The maximum absolute atomic E-state index is 13.1. The molecule has 1 aliphatic heterocycles. The van der Waals surface area contributed by atoms with Crippen LogP contribution < -0.4 is 15.4 Å². The standard InChI is InChI=1S/C21H24ClN3O5S/c1-14(26)23-17-4-3-5-18(13-17)24-21(27)15-8-10-25(11-9-15)31(28,29)20-12-16(22)6-7-19(20)30-2/h3-7,12-13,15H,8-11H2,1-2H3,(H,23,26)(H,24,27). The summed E-state index contributed by atoms with van der Waals surface area (Å²) in [6.45, 7) is 1.83. The van der Waals surface area contributed by atoms with Gasteiger partial charge in [0.1, 0.15) is 10.6 Å². The van der Waals surface area contributed by atoms with Crippen LogP contribution in [0.25, 0.3) is 0 Å². The van der Waals surface area contributed by atoms with Crippen LogP contribution in [0.2, 0.25) is 5.02 Å². The van der Waals surface area contributed by atoms with E-state index in [9.17, 15) is 18.0 Å². The van der Waals surface area contributed by atoms with Crippen LogP contribution in [-0.4, -0.2) is 44.7 Å². The maximum Gasteiger partial charge on any atom is 0.246 e. The fourth-order valence-electron chi connectivity index (χ4n) is 3.47. The first kappa shape index (κ1) is 23.1. The molecule has 1 saturated heterocycles. The summed E-state index contributed by atoms with van der Waals surface area (Å²) in [6.07, 6.45) is 0.776. The first-order valence-electron chi connectivity index (χ1n) is 9.73. The lowest BCUT2D eigenvalue weighted by molar-refractivity contribution is -0.121. The topological polar surface area (TPSA) is 105 Å². The normalized spacial score (nSPS) is 15.3. The van der Waals surface area contributed by atoms with E-state index >= 15 is 0 Å². The van der Waals surface area contributed by atoms with Crippen molar-refractivity contribution < 1.29 is 22.7 Å². The van der Waals surface area contributed by atoms with E-state index in [2.05, 4.69) is 10.6 Å². The van der Waals surface area contributed by atoms with Crippen LogP contribution in [0.5, 0.6) is 5.75 Å². The van der Waals surface area contributed by atoms with Gasteiger partial charge >= 0.3 is 0 Å². The molecule has 0 unspecified atom stereocenters. The average Bonchev–Trinajstić information content (AvgIpc) is 2.73. The van der Waals surface area contributed by atoms with Gasteiger partial charge in [-0.25, -0.2) is 8.42 Å². The Morgan fingerprint density at radius 3 is 2.32 bits per heavy atom. The zero-order valence-electron chi connectivity index (χ0n) is 17.2. The number of anilines is 2. The van der Waals surface area contributed by atoms with Gasteiger partial charge in [-0.1, -0.05) is 17.7 Å². The lowest BCUT2D eigenvalue weighted by Gasteiger charge is -2.31. The number of rotatable bonds is 6. The van der Waals surface area contributed by atoms with E-state index in [1.54, 1.807) is 30.3 Å². The maximum atomic E-state index is 13.1. The summed E-state index contributed by atoms with van der Waals surface area (Å²) in [5.41, 5.74) is 1.15. The molecule has 2 aromatic carbocycles. The molecular weight excluding hydrogens is 442 g/mol. The van der Waals surface area contributed by atoms with Crippen LogP contribution in [0.3, 0.4) is 0 Å². The van der Waals surface area contributed by atoms with Crippen LogP contribution in [0.1, 0.15) is 19.8 Å². The minimum Gasteiger partial charge on any atom is -0.495 e. The molecule has 166 valence electrons. The van der Waals surface area contributed by atoms with Crippen molar-refractivity contribution in [3.63, 3.8) is 0 Å². The van der Waals surface area contributed by atoms with E-state index in [-0.39, 0.29) is 41.5 Å². The van der Waals surface area contributed by atoms with Crippen molar-refractivity contribution in [2.75, 3.05) is 30.8 Å². The molecule has 1 aliphatic rings. The Morgan fingerprint density at radius 1 is 1.06 bits per heavy atom. The van der Waals surface area contributed by atoms with E-state index in [1.165, 1.54) is 30.5 Å². The van der Waals surface area contributed by atoms with Gasteiger partial charge in [0, 0.05) is 42.3 Å². The Morgan fingerprint density at radius 2 is 1.71 bits per heavy atom. The predicted molar refractivity (Wildman–Crippen MR) is 119 cm³/mol. The summed E-state index contributed by atoms with van der Waals surface area (Å²) in [5.74, 6) is -0.480. The Labute approximate surface area is 186 Å². The number of carbonyl (C=O) groups excluding carboxylic acids is 2. The molecule has 2 N–H and O–H groups in total. The third kappa shape index (κ3) is 5.55. The second kappa shape index (κ2) is 9.67. The second-order valence-electron chi connectivity index (χ2n) is 7.22. The van der Waals surface area contributed by atoms with Crippen molar-refractivity contribution in [2.24, 2.45) is 5.92 Å². The highest BCUT2D eigenvalue weighted by molar-refractivity contribution is 7.89. The Bertz CT molecular complexity index is 1080. The van der Waals surface area contributed by atoms with Crippen molar-refractivity contribution in [2.45, 2.75) is 24.7 Å². The van der Waals surface area contributed by atoms with Crippen LogP contribution in [0.4, 0.5) is 11.4 Å². The molecule has 0 aromatic heterocycles. The molecule has 1 fully saturated rings. The van der Waals surface area contributed by atoms with Gasteiger partial charge in [0.05, 0.1) is 7.11 Å². The second-order valence-corrected chi connectivity index (χ2v) is 9.57. The summed E-state index contributed by atoms with van der Waals surface area (Å²) in [4.78, 5) is 23.9. The number of methoxy groups -OCH3 is 1. The van der Waals surface area contributed by atoms with Crippen molar-refractivity contribution in [3.05, 3.63) is 47.5 Å². The van der Waals surface area contributed by atoms with E-state index in [0.717, 1.165) is 0 Å². The van der Waals surface area contributed by atoms with Crippen molar-refractivity contribution in [1.29, 1.82) is 0 Å². The van der Waals surface area contributed by atoms with Crippen molar-refractivity contribution in [3.8, 4) is 5.75 Å². The minimum absolute atomic E-state index is 0.0141. The zero-order valence-corrected chi connectivity index (χ0v) is 18.8. The summed E-state index contributed by atoms with van der Waals surface area (Å²) in [5, 5.41) is 5.81. The molecule has 8 nitrogen and oxygen atoms in total. The van der Waals surface area contributed by atoms with Gasteiger partial charge in [-0.2, -0.15) is 4.31 Å². The van der Waals surface area contributed by atoms with E-state index in [1.807, 2.05) is 0 Å². The quantitative estimate of drug-likeness (QED) is 0.680. The van der Waals surface area contributed by atoms with E-state index in [4.69, 9.17) is 16.3 Å². The number of nitrogens with one attached hydrogen (secondary N) is 2. The first-order valence-corrected chi connectivity index (χ1v) is 11.5. The Balaban J connectivity index is 1.65. The molecular formula is C21H24ClN3O5S. The monoisotopic (exact) mass is 465 g/mol. The number of hydrogen-bond acceptors (Lipinski definition) is 5. The number of ether oxygens (including phenoxy) is 1. The lowest BCUT2D eigenvalue weighted by atomic mass is 9.97. The van der Waals surface area contributed by atoms with E-state index < -0.39 is 10.0 Å². The molecule has 1 heterocycles. The van der Waals surface area contributed by atoms with Crippen LogP contribution in [0.15, 0.2) is 47.4 Å². The molecule has 0 aliphatic carbocycles. The molecule has 2 aromatic rings. The van der Waals surface area contributed by atoms with E-state index in [0.29, 0.717) is 29.2 Å². The molecule has 0 saturated carbocycles. The highest BCUT2D eigenvalue weighted by atomic mass is 35.5. The molecule has 31 heavy (non-hydrogen) atoms. The molecule has 3 rings (SSSR count). The van der Waals surface area contributed by atoms with Gasteiger partial charge in [-0.3, -0.25) is 9.59 Å². The highest BCUT2D eigenvalue weighted by Gasteiger charge is 2.33. The summed E-state index contributed by atoms with van der Waals surface area (Å²) in [6, 6.07) is 11.3. The van der Waals surface area contributed by atoms with Gasteiger partial charge in [0.15, 0.2) is 0 Å².